The monoisotopic (exact) mass is 209 g/mol. The predicted octanol–water partition coefficient (Wildman–Crippen LogP) is 1.10. The van der Waals surface area contributed by atoms with Gasteiger partial charge in [0.2, 0.25) is 0 Å². The third-order valence-electron chi connectivity index (χ3n) is 3.21. The largest absolute Gasteiger partial charge is 0.481 e. The van der Waals surface area contributed by atoms with E-state index in [0.29, 0.717) is 18.5 Å². The Morgan fingerprint density at radius 2 is 2.13 bits per heavy atom. The highest BCUT2D eigenvalue weighted by Gasteiger charge is 2.43. The van der Waals surface area contributed by atoms with Crippen LogP contribution in [0.2, 0.25) is 0 Å². The summed E-state index contributed by atoms with van der Waals surface area (Å²) in [6, 6.07) is 0. The molecule has 0 aliphatic heterocycles. The number of aryl methyl sites for hydroxylation is 1. The Hall–Kier alpha value is -1.39. The summed E-state index contributed by atoms with van der Waals surface area (Å²) in [7, 11) is 1.76. The molecule has 2 rings (SSSR count). The van der Waals surface area contributed by atoms with Gasteiger partial charge in [0.05, 0.1) is 5.69 Å². The first-order chi connectivity index (χ1) is 7.15. The third kappa shape index (κ3) is 1.62. The molecular formula is C10H15N3O2. The molecule has 1 N–H and O–H groups in total. The summed E-state index contributed by atoms with van der Waals surface area (Å²) in [6.07, 6.45) is 6.13. The van der Waals surface area contributed by atoms with Crippen LogP contribution in [0.4, 0.5) is 0 Å². The summed E-state index contributed by atoms with van der Waals surface area (Å²) in [5.74, 6) is -0.761. The highest BCUT2D eigenvalue weighted by molar-refractivity contribution is 5.80. The van der Waals surface area contributed by atoms with Crippen molar-refractivity contribution in [2.75, 3.05) is 0 Å². The van der Waals surface area contributed by atoms with Gasteiger partial charge in [0.1, 0.15) is 5.41 Å². The van der Waals surface area contributed by atoms with Gasteiger partial charge in [-0.05, 0) is 12.8 Å². The van der Waals surface area contributed by atoms with Gasteiger partial charge in [0.15, 0.2) is 0 Å². The second kappa shape index (κ2) is 3.64. The van der Waals surface area contributed by atoms with E-state index in [1.54, 1.807) is 17.9 Å². The van der Waals surface area contributed by atoms with E-state index < -0.39 is 11.4 Å². The van der Waals surface area contributed by atoms with Crippen LogP contribution in [-0.4, -0.2) is 26.1 Å². The molecule has 1 aromatic rings. The summed E-state index contributed by atoms with van der Waals surface area (Å²) in [5.41, 5.74) is -0.177. The summed E-state index contributed by atoms with van der Waals surface area (Å²) >= 11 is 0. The van der Waals surface area contributed by atoms with E-state index in [9.17, 15) is 9.90 Å². The first-order valence-electron chi connectivity index (χ1n) is 5.25. The van der Waals surface area contributed by atoms with Crippen LogP contribution < -0.4 is 0 Å². The van der Waals surface area contributed by atoms with Crippen LogP contribution in [0.5, 0.6) is 0 Å². The molecule has 1 aromatic heterocycles. The van der Waals surface area contributed by atoms with Gasteiger partial charge in [0, 0.05) is 13.2 Å². The Morgan fingerprint density at radius 3 is 2.60 bits per heavy atom. The van der Waals surface area contributed by atoms with Crippen molar-refractivity contribution in [1.82, 2.24) is 15.0 Å². The van der Waals surface area contributed by atoms with Gasteiger partial charge >= 0.3 is 5.97 Å². The van der Waals surface area contributed by atoms with Crippen LogP contribution in [0.3, 0.4) is 0 Å². The molecule has 1 aliphatic rings. The molecule has 82 valence electrons. The van der Waals surface area contributed by atoms with E-state index in [1.807, 2.05) is 0 Å². The molecule has 1 heterocycles. The molecule has 0 saturated heterocycles. The van der Waals surface area contributed by atoms with Gasteiger partial charge in [-0.1, -0.05) is 24.5 Å². The number of aliphatic carboxylic acids is 1. The lowest BCUT2D eigenvalue weighted by molar-refractivity contribution is -0.145. The molecule has 1 aliphatic carbocycles. The van der Waals surface area contributed by atoms with Crippen molar-refractivity contribution in [2.45, 2.75) is 37.5 Å². The lowest BCUT2D eigenvalue weighted by atomic mass is 9.72. The molecule has 0 bridgehead atoms. The zero-order valence-corrected chi connectivity index (χ0v) is 8.81. The van der Waals surface area contributed by atoms with Crippen LogP contribution in [-0.2, 0) is 17.3 Å². The number of carboxylic acids is 1. The van der Waals surface area contributed by atoms with E-state index in [-0.39, 0.29) is 0 Å². The van der Waals surface area contributed by atoms with E-state index in [2.05, 4.69) is 10.3 Å². The number of aromatic nitrogens is 3. The standard InChI is InChI=1S/C10H15N3O2/c1-13-7-8(11-12-13)10(9(14)15)5-3-2-4-6-10/h7H,2-6H2,1H3,(H,14,15). The molecule has 0 spiro atoms. The first-order valence-corrected chi connectivity index (χ1v) is 5.25. The fourth-order valence-corrected chi connectivity index (χ4v) is 2.30. The Balaban J connectivity index is 2.37. The van der Waals surface area contributed by atoms with Crippen molar-refractivity contribution in [1.29, 1.82) is 0 Å². The van der Waals surface area contributed by atoms with E-state index >= 15 is 0 Å². The average molecular weight is 209 g/mol. The Bertz CT molecular complexity index is 366. The van der Waals surface area contributed by atoms with Crippen LogP contribution in [0.25, 0.3) is 0 Å². The Labute approximate surface area is 88.1 Å². The number of rotatable bonds is 2. The van der Waals surface area contributed by atoms with Gasteiger partial charge in [-0.25, -0.2) is 0 Å². The SMILES string of the molecule is Cn1cc(C2(C(=O)O)CCCCC2)nn1. The van der Waals surface area contributed by atoms with E-state index in [1.165, 1.54) is 0 Å². The summed E-state index contributed by atoms with van der Waals surface area (Å²) in [6.45, 7) is 0. The highest BCUT2D eigenvalue weighted by Crippen LogP contribution is 2.38. The molecule has 0 unspecified atom stereocenters. The number of carboxylic acid groups (broad SMARTS) is 1. The Kier molecular flexibility index (Phi) is 2.46. The van der Waals surface area contributed by atoms with Crippen molar-refractivity contribution in [3.63, 3.8) is 0 Å². The maximum atomic E-state index is 11.4. The number of carbonyl (C=O) groups is 1. The maximum Gasteiger partial charge on any atom is 0.315 e. The predicted molar refractivity (Wildman–Crippen MR) is 53.4 cm³/mol. The zero-order valence-electron chi connectivity index (χ0n) is 8.81. The van der Waals surface area contributed by atoms with Crippen molar-refractivity contribution < 1.29 is 9.90 Å². The minimum atomic E-state index is -0.785. The lowest BCUT2D eigenvalue weighted by Crippen LogP contribution is -2.38. The van der Waals surface area contributed by atoms with Crippen molar-refractivity contribution >= 4 is 5.97 Å². The third-order valence-corrected chi connectivity index (χ3v) is 3.21. The van der Waals surface area contributed by atoms with Gasteiger partial charge < -0.3 is 5.11 Å². The molecule has 0 atom stereocenters. The minimum Gasteiger partial charge on any atom is -0.481 e. The smallest absolute Gasteiger partial charge is 0.315 e. The van der Waals surface area contributed by atoms with E-state index in [4.69, 9.17) is 0 Å². The summed E-state index contributed by atoms with van der Waals surface area (Å²) in [5, 5.41) is 17.2. The quantitative estimate of drug-likeness (QED) is 0.792. The second-order valence-corrected chi connectivity index (χ2v) is 4.23. The molecule has 1 saturated carbocycles. The van der Waals surface area contributed by atoms with Crippen molar-refractivity contribution in [2.24, 2.45) is 7.05 Å². The van der Waals surface area contributed by atoms with E-state index in [0.717, 1.165) is 19.3 Å². The van der Waals surface area contributed by atoms with Gasteiger partial charge in [-0.2, -0.15) is 0 Å². The fraction of sp³-hybridized carbons (Fsp3) is 0.700. The maximum absolute atomic E-state index is 11.4. The Morgan fingerprint density at radius 1 is 1.47 bits per heavy atom. The fourth-order valence-electron chi connectivity index (χ4n) is 2.30. The first kappa shape index (κ1) is 10.1. The minimum absolute atomic E-state index is 0.609. The molecule has 0 radical (unpaired) electrons. The number of hydrogen-bond acceptors (Lipinski definition) is 3. The van der Waals surface area contributed by atoms with Crippen molar-refractivity contribution in [3.05, 3.63) is 11.9 Å². The molecule has 0 amide bonds. The topological polar surface area (TPSA) is 68.0 Å². The summed E-state index contributed by atoms with van der Waals surface area (Å²) in [4.78, 5) is 11.4. The number of nitrogens with zero attached hydrogens (tertiary/aromatic N) is 3. The van der Waals surface area contributed by atoms with Crippen LogP contribution >= 0.6 is 0 Å². The van der Waals surface area contributed by atoms with Crippen molar-refractivity contribution in [3.8, 4) is 0 Å². The molecular weight excluding hydrogens is 194 g/mol. The average Bonchev–Trinajstić information content (AvgIpc) is 2.66. The van der Waals surface area contributed by atoms with Crippen LogP contribution in [0.1, 0.15) is 37.8 Å². The van der Waals surface area contributed by atoms with Crippen LogP contribution in [0, 0.1) is 0 Å². The molecule has 15 heavy (non-hydrogen) atoms. The highest BCUT2D eigenvalue weighted by atomic mass is 16.4. The molecule has 5 heteroatoms. The van der Waals surface area contributed by atoms with Crippen LogP contribution in [0.15, 0.2) is 6.20 Å². The zero-order chi connectivity index (χ0) is 10.9. The normalized spacial score (nSPS) is 20.1. The van der Waals surface area contributed by atoms with Gasteiger partial charge in [-0.3, -0.25) is 9.48 Å². The second-order valence-electron chi connectivity index (χ2n) is 4.23. The molecule has 5 nitrogen and oxygen atoms in total. The molecule has 1 fully saturated rings. The number of hydrogen-bond donors (Lipinski definition) is 1. The van der Waals surface area contributed by atoms with Gasteiger partial charge in [0.25, 0.3) is 0 Å². The lowest BCUT2D eigenvalue weighted by Gasteiger charge is -2.30. The van der Waals surface area contributed by atoms with Gasteiger partial charge in [-0.15, -0.1) is 5.10 Å². The molecule has 0 aromatic carbocycles. The summed E-state index contributed by atoms with van der Waals surface area (Å²) < 4.78 is 1.56.